The van der Waals surface area contributed by atoms with Crippen LogP contribution in [-0.2, 0) is 28.6 Å². The van der Waals surface area contributed by atoms with Crippen LogP contribution in [0.25, 0.3) is 0 Å². The zero-order valence-electron chi connectivity index (χ0n) is 37.4. The van der Waals surface area contributed by atoms with Gasteiger partial charge < -0.3 is 14.2 Å². The topological polar surface area (TPSA) is 78.9 Å². The Morgan fingerprint density at radius 1 is 0.364 bits per heavy atom. The highest BCUT2D eigenvalue weighted by Gasteiger charge is 2.19. The van der Waals surface area contributed by atoms with Gasteiger partial charge in [0.05, 0.1) is 0 Å². The van der Waals surface area contributed by atoms with Gasteiger partial charge in [0, 0.05) is 19.3 Å². The molecule has 0 bridgehead atoms. The molecule has 0 radical (unpaired) electrons. The molecule has 0 saturated heterocycles. The Bertz CT molecular complexity index is 828. The summed E-state index contributed by atoms with van der Waals surface area (Å²) in [6, 6.07) is 0. The molecule has 326 valence electrons. The highest BCUT2D eigenvalue weighted by molar-refractivity contribution is 5.71. The molecule has 0 spiro atoms. The molecule has 0 aliphatic carbocycles. The minimum atomic E-state index is -0.759. The molecule has 0 aliphatic rings. The third-order valence-electron chi connectivity index (χ3n) is 11.4. The van der Waals surface area contributed by atoms with E-state index in [2.05, 4.69) is 27.7 Å². The fraction of sp³-hybridized carbons (Fsp3) is 0.939. The number of hydrogen-bond acceptors (Lipinski definition) is 6. The molecule has 0 amide bonds. The summed E-state index contributed by atoms with van der Waals surface area (Å²) < 4.78 is 16.7. The van der Waals surface area contributed by atoms with E-state index in [0.717, 1.165) is 63.7 Å². The number of carbonyl (C=O) groups excluding carboxylic acids is 3. The monoisotopic (exact) mass is 779 g/mol. The minimum Gasteiger partial charge on any atom is -0.462 e. The molecular formula is C49H94O6. The van der Waals surface area contributed by atoms with E-state index in [-0.39, 0.29) is 31.1 Å². The highest BCUT2D eigenvalue weighted by Crippen LogP contribution is 2.17. The molecule has 6 nitrogen and oxygen atoms in total. The Labute approximate surface area is 342 Å². The summed E-state index contributed by atoms with van der Waals surface area (Å²) in [7, 11) is 0. The lowest BCUT2D eigenvalue weighted by molar-refractivity contribution is -0.167. The van der Waals surface area contributed by atoms with Crippen LogP contribution in [0.3, 0.4) is 0 Å². The summed E-state index contributed by atoms with van der Waals surface area (Å²) >= 11 is 0. The lowest BCUT2D eigenvalue weighted by Crippen LogP contribution is -2.30. The zero-order chi connectivity index (χ0) is 40.3. The van der Waals surface area contributed by atoms with Crippen molar-refractivity contribution in [2.45, 2.75) is 278 Å². The van der Waals surface area contributed by atoms with Crippen LogP contribution in [0.4, 0.5) is 0 Å². The number of hydrogen-bond donors (Lipinski definition) is 0. The molecular weight excluding hydrogens is 685 g/mol. The molecule has 0 fully saturated rings. The minimum absolute atomic E-state index is 0.0637. The first kappa shape index (κ1) is 53.4. The van der Waals surface area contributed by atoms with Crippen molar-refractivity contribution >= 4 is 17.9 Å². The third kappa shape index (κ3) is 41.9. The normalized spacial score (nSPS) is 12.4. The van der Waals surface area contributed by atoms with Gasteiger partial charge in [-0.3, -0.25) is 14.4 Å². The van der Waals surface area contributed by atoms with Gasteiger partial charge in [-0.2, -0.15) is 0 Å². The molecule has 0 aromatic heterocycles. The molecule has 6 heteroatoms. The van der Waals surface area contributed by atoms with Crippen molar-refractivity contribution in [2.75, 3.05) is 13.2 Å². The SMILES string of the molecule is CCCCCCCCCCCCCCCCCCC(=O)OC[C@@H](COC(=O)CCCCCCCCCCC(C)CC)OC(=O)CCCCCCCCCCC. The number of carbonyl (C=O) groups is 3. The van der Waals surface area contributed by atoms with E-state index >= 15 is 0 Å². The first-order valence-corrected chi connectivity index (χ1v) is 24.4. The average molecular weight is 779 g/mol. The fourth-order valence-corrected chi connectivity index (χ4v) is 7.30. The molecule has 1 unspecified atom stereocenters. The van der Waals surface area contributed by atoms with E-state index in [4.69, 9.17) is 14.2 Å². The van der Waals surface area contributed by atoms with Gasteiger partial charge in [-0.25, -0.2) is 0 Å². The summed E-state index contributed by atoms with van der Waals surface area (Å²) in [5, 5.41) is 0. The van der Waals surface area contributed by atoms with Crippen LogP contribution in [-0.4, -0.2) is 37.2 Å². The predicted molar refractivity (Wildman–Crippen MR) is 233 cm³/mol. The Morgan fingerprint density at radius 3 is 0.945 bits per heavy atom. The molecule has 0 N–H and O–H groups in total. The predicted octanol–water partition coefficient (Wildman–Crippen LogP) is 15.5. The summed E-state index contributed by atoms with van der Waals surface area (Å²) in [4.78, 5) is 37.7. The first-order chi connectivity index (χ1) is 26.9. The maximum atomic E-state index is 12.7. The Balaban J connectivity index is 4.26. The largest absolute Gasteiger partial charge is 0.462 e. The summed E-state index contributed by atoms with van der Waals surface area (Å²) in [5.41, 5.74) is 0. The van der Waals surface area contributed by atoms with Gasteiger partial charge in [0.1, 0.15) is 13.2 Å². The molecule has 0 saturated carbocycles. The van der Waals surface area contributed by atoms with Crippen molar-refractivity contribution in [1.29, 1.82) is 0 Å². The maximum absolute atomic E-state index is 12.7. The number of rotatable bonds is 44. The Hall–Kier alpha value is -1.59. The average Bonchev–Trinajstić information content (AvgIpc) is 3.18. The molecule has 0 aromatic carbocycles. The van der Waals surface area contributed by atoms with E-state index in [1.54, 1.807) is 0 Å². The number of esters is 3. The van der Waals surface area contributed by atoms with Gasteiger partial charge >= 0.3 is 17.9 Å². The van der Waals surface area contributed by atoms with Gasteiger partial charge in [-0.05, 0) is 25.2 Å². The quantitative estimate of drug-likeness (QED) is 0.0348. The first-order valence-electron chi connectivity index (χ1n) is 24.4. The maximum Gasteiger partial charge on any atom is 0.306 e. The molecule has 0 aliphatic heterocycles. The van der Waals surface area contributed by atoms with Gasteiger partial charge in [0.2, 0.25) is 0 Å². The smallest absolute Gasteiger partial charge is 0.306 e. The molecule has 2 atom stereocenters. The van der Waals surface area contributed by atoms with E-state index in [1.807, 2.05) is 0 Å². The molecule has 0 rings (SSSR count). The summed E-state index contributed by atoms with van der Waals surface area (Å²) in [5.74, 6) is -0.00509. The van der Waals surface area contributed by atoms with Crippen molar-refractivity contribution in [3.05, 3.63) is 0 Å². The van der Waals surface area contributed by atoms with Gasteiger partial charge in [-0.1, -0.05) is 233 Å². The lowest BCUT2D eigenvalue weighted by Gasteiger charge is -2.18. The fourth-order valence-electron chi connectivity index (χ4n) is 7.30. The van der Waals surface area contributed by atoms with Crippen molar-refractivity contribution in [2.24, 2.45) is 5.92 Å². The van der Waals surface area contributed by atoms with Crippen LogP contribution in [0.2, 0.25) is 0 Å². The molecule has 0 aromatic rings. The van der Waals surface area contributed by atoms with Gasteiger partial charge in [0.15, 0.2) is 6.10 Å². The second-order valence-electron chi connectivity index (χ2n) is 17.0. The Kier molecular flexibility index (Phi) is 42.3. The van der Waals surface area contributed by atoms with Crippen LogP contribution in [0.1, 0.15) is 272 Å². The second kappa shape index (κ2) is 43.5. The van der Waals surface area contributed by atoms with Gasteiger partial charge in [-0.15, -0.1) is 0 Å². The third-order valence-corrected chi connectivity index (χ3v) is 11.4. The van der Waals surface area contributed by atoms with Crippen LogP contribution in [0.5, 0.6) is 0 Å². The zero-order valence-corrected chi connectivity index (χ0v) is 37.4. The van der Waals surface area contributed by atoms with Crippen LogP contribution in [0.15, 0.2) is 0 Å². The van der Waals surface area contributed by atoms with Crippen LogP contribution < -0.4 is 0 Å². The highest BCUT2D eigenvalue weighted by atomic mass is 16.6. The van der Waals surface area contributed by atoms with Gasteiger partial charge in [0.25, 0.3) is 0 Å². The van der Waals surface area contributed by atoms with Crippen molar-refractivity contribution in [1.82, 2.24) is 0 Å². The van der Waals surface area contributed by atoms with E-state index in [0.29, 0.717) is 19.3 Å². The van der Waals surface area contributed by atoms with Crippen molar-refractivity contribution < 1.29 is 28.6 Å². The number of unbranched alkanes of at least 4 members (excludes halogenated alkanes) is 30. The summed E-state index contributed by atoms with van der Waals surface area (Å²) in [6.07, 6.45) is 43.7. The van der Waals surface area contributed by atoms with E-state index in [1.165, 1.54) is 167 Å². The van der Waals surface area contributed by atoms with E-state index in [9.17, 15) is 14.4 Å². The van der Waals surface area contributed by atoms with Crippen LogP contribution in [0, 0.1) is 5.92 Å². The Morgan fingerprint density at radius 2 is 0.636 bits per heavy atom. The lowest BCUT2D eigenvalue weighted by atomic mass is 9.99. The van der Waals surface area contributed by atoms with Crippen LogP contribution >= 0.6 is 0 Å². The second-order valence-corrected chi connectivity index (χ2v) is 17.0. The molecule has 55 heavy (non-hydrogen) atoms. The summed E-state index contributed by atoms with van der Waals surface area (Å²) in [6.45, 7) is 9.00. The van der Waals surface area contributed by atoms with Crippen molar-refractivity contribution in [3.8, 4) is 0 Å². The van der Waals surface area contributed by atoms with Crippen molar-refractivity contribution in [3.63, 3.8) is 0 Å². The standard InChI is InChI=1S/C49H94O6/c1-5-8-10-12-14-16-17-18-19-20-21-22-24-28-32-36-40-47(50)53-43-46(55-49(52)42-38-34-30-23-15-13-11-9-6-2)44-54-48(51)41-37-33-29-26-25-27-31-35-39-45(4)7-3/h45-46H,5-44H2,1-4H3/t45?,46-/m0/s1. The van der Waals surface area contributed by atoms with E-state index < -0.39 is 6.10 Å². The molecule has 0 heterocycles. The number of ether oxygens (including phenoxy) is 3.